The molecule has 8 nitrogen and oxygen atoms in total. The Morgan fingerprint density at radius 2 is 1.86 bits per heavy atom. The van der Waals surface area contributed by atoms with Crippen LogP contribution in [-0.4, -0.2) is 45.8 Å². The van der Waals surface area contributed by atoms with E-state index in [1.807, 2.05) is 35.2 Å². The van der Waals surface area contributed by atoms with Crippen molar-refractivity contribution in [1.82, 2.24) is 14.7 Å². The van der Waals surface area contributed by atoms with E-state index in [4.69, 9.17) is 28.2 Å². The fraction of sp³-hybridized carbons (Fsp3) is 0.263. The standard InChI is InChI=1S/C19H18ClN5O3S/c20-15-6-7-16(17(12-15)25(26)27)23-10-8-22(9-11-23)13-24-19(29)28-18(21-24)14-4-2-1-3-5-14/h1-7,12H,8-11,13H2. The van der Waals surface area contributed by atoms with Gasteiger partial charge in [-0.1, -0.05) is 29.8 Å². The van der Waals surface area contributed by atoms with Gasteiger partial charge in [0.2, 0.25) is 5.89 Å². The van der Waals surface area contributed by atoms with Gasteiger partial charge >= 0.3 is 0 Å². The number of anilines is 1. The van der Waals surface area contributed by atoms with Crippen molar-refractivity contribution >= 4 is 35.2 Å². The summed E-state index contributed by atoms with van der Waals surface area (Å²) in [6.45, 7) is 3.24. The quantitative estimate of drug-likeness (QED) is 0.340. The molecule has 29 heavy (non-hydrogen) atoms. The Morgan fingerprint density at radius 3 is 2.55 bits per heavy atom. The second-order valence-corrected chi connectivity index (χ2v) is 7.46. The number of halogens is 1. The van der Waals surface area contributed by atoms with Gasteiger partial charge in [0.25, 0.3) is 10.5 Å². The molecule has 0 N–H and O–H groups in total. The molecule has 0 atom stereocenters. The maximum Gasteiger partial charge on any atom is 0.294 e. The Hall–Kier alpha value is -2.75. The number of hydrogen-bond donors (Lipinski definition) is 0. The average molecular weight is 432 g/mol. The SMILES string of the molecule is O=[N+]([O-])c1cc(Cl)ccc1N1CCN(Cn2nc(-c3ccccc3)oc2=S)CC1. The third-order valence-corrected chi connectivity index (χ3v) is 5.34. The maximum absolute atomic E-state index is 11.4. The molecule has 0 saturated carbocycles. The Labute approximate surface area is 177 Å². The summed E-state index contributed by atoms with van der Waals surface area (Å²) in [6.07, 6.45) is 0. The first-order chi connectivity index (χ1) is 14.0. The van der Waals surface area contributed by atoms with Crippen LogP contribution >= 0.6 is 23.8 Å². The third kappa shape index (κ3) is 4.31. The lowest BCUT2D eigenvalue weighted by Gasteiger charge is -2.35. The molecular weight excluding hydrogens is 414 g/mol. The Kier molecular flexibility index (Phi) is 5.61. The highest BCUT2D eigenvalue weighted by atomic mass is 35.5. The smallest absolute Gasteiger partial charge is 0.294 e. The summed E-state index contributed by atoms with van der Waals surface area (Å²) < 4.78 is 7.29. The van der Waals surface area contributed by atoms with Crippen molar-refractivity contribution in [2.24, 2.45) is 0 Å². The largest absolute Gasteiger partial charge is 0.409 e. The molecule has 1 aliphatic heterocycles. The Bertz CT molecular complexity index is 1080. The van der Waals surface area contributed by atoms with Crippen molar-refractivity contribution < 1.29 is 9.34 Å². The molecule has 4 rings (SSSR count). The van der Waals surface area contributed by atoms with Crippen molar-refractivity contribution in [2.75, 3.05) is 31.1 Å². The normalized spacial score (nSPS) is 14.9. The number of benzene rings is 2. The van der Waals surface area contributed by atoms with Gasteiger partial charge in [0.05, 0.1) is 11.6 Å². The van der Waals surface area contributed by atoms with Gasteiger partial charge in [-0.3, -0.25) is 15.0 Å². The number of nitro groups is 1. The van der Waals surface area contributed by atoms with Crippen LogP contribution in [-0.2, 0) is 6.67 Å². The highest BCUT2D eigenvalue weighted by Gasteiger charge is 2.24. The number of nitro benzene ring substituents is 1. The molecule has 2 aromatic carbocycles. The van der Waals surface area contributed by atoms with Crippen LogP contribution in [0.2, 0.25) is 5.02 Å². The van der Waals surface area contributed by atoms with E-state index in [2.05, 4.69) is 10.00 Å². The minimum atomic E-state index is -0.395. The van der Waals surface area contributed by atoms with Crippen molar-refractivity contribution in [1.29, 1.82) is 0 Å². The number of hydrogen-bond acceptors (Lipinski definition) is 7. The van der Waals surface area contributed by atoms with Crippen LogP contribution in [0.4, 0.5) is 11.4 Å². The molecular formula is C19H18ClN5O3S. The fourth-order valence-corrected chi connectivity index (χ4v) is 3.67. The summed E-state index contributed by atoms with van der Waals surface area (Å²) in [5.41, 5.74) is 1.48. The number of nitrogens with zero attached hydrogens (tertiary/aromatic N) is 5. The van der Waals surface area contributed by atoms with E-state index < -0.39 is 4.92 Å². The molecule has 1 aliphatic rings. The second kappa shape index (κ2) is 8.32. The molecule has 0 radical (unpaired) electrons. The van der Waals surface area contributed by atoms with Gasteiger partial charge in [0, 0.05) is 42.8 Å². The predicted octanol–water partition coefficient (Wildman–Crippen LogP) is 4.21. The highest BCUT2D eigenvalue weighted by Crippen LogP contribution is 2.31. The Balaban J connectivity index is 1.43. The third-order valence-electron chi connectivity index (χ3n) is 4.81. The summed E-state index contributed by atoms with van der Waals surface area (Å²) in [5.74, 6) is 0.492. The lowest BCUT2D eigenvalue weighted by molar-refractivity contribution is -0.384. The molecule has 3 aromatic rings. The first-order valence-corrected chi connectivity index (χ1v) is 9.84. The maximum atomic E-state index is 11.4. The molecule has 10 heteroatoms. The lowest BCUT2D eigenvalue weighted by atomic mass is 10.2. The number of rotatable bonds is 5. The molecule has 0 amide bonds. The van der Waals surface area contributed by atoms with Crippen LogP contribution in [0.5, 0.6) is 0 Å². The van der Waals surface area contributed by atoms with E-state index >= 15 is 0 Å². The second-order valence-electron chi connectivity index (χ2n) is 6.68. The zero-order valence-corrected chi connectivity index (χ0v) is 17.0. The molecule has 0 spiro atoms. The average Bonchev–Trinajstić information content (AvgIpc) is 3.09. The van der Waals surface area contributed by atoms with Crippen LogP contribution in [0.3, 0.4) is 0 Å². The molecule has 1 aromatic heterocycles. The summed E-state index contributed by atoms with van der Waals surface area (Å²) in [6, 6.07) is 14.4. The van der Waals surface area contributed by atoms with Crippen molar-refractivity contribution in [3.8, 4) is 11.5 Å². The zero-order chi connectivity index (χ0) is 20.4. The van der Waals surface area contributed by atoms with Crippen LogP contribution in [0, 0.1) is 15.0 Å². The Morgan fingerprint density at radius 1 is 1.14 bits per heavy atom. The van der Waals surface area contributed by atoms with Gasteiger partial charge in [0.1, 0.15) is 5.69 Å². The number of piperazine rings is 1. The zero-order valence-electron chi connectivity index (χ0n) is 15.4. The van der Waals surface area contributed by atoms with Gasteiger partial charge in [-0.2, -0.15) is 0 Å². The first kappa shape index (κ1) is 19.6. The number of aromatic nitrogens is 2. The molecule has 0 bridgehead atoms. The molecule has 1 fully saturated rings. The van der Waals surface area contributed by atoms with Crippen LogP contribution in [0.25, 0.3) is 11.5 Å². The molecule has 2 heterocycles. The lowest BCUT2D eigenvalue weighted by Crippen LogP contribution is -2.47. The van der Waals surface area contributed by atoms with Gasteiger partial charge in [-0.25, -0.2) is 4.68 Å². The summed E-state index contributed by atoms with van der Waals surface area (Å²) >= 11 is 11.2. The van der Waals surface area contributed by atoms with Gasteiger partial charge in [-0.15, -0.1) is 5.10 Å². The summed E-state index contributed by atoms with van der Waals surface area (Å²) in [4.78, 5) is 15.5. The van der Waals surface area contributed by atoms with Crippen molar-refractivity contribution in [2.45, 2.75) is 6.67 Å². The van der Waals surface area contributed by atoms with Crippen molar-refractivity contribution in [3.63, 3.8) is 0 Å². The first-order valence-electron chi connectivity index (χ1n) is 9.06. The van der Waals surface area contributed by atoms with Crippen LogP contribution in [0.15, 0.2) is 52.9 Å². The van der Waals surface area contributed by atoms with Gasteiger partial charge in [0.15, 0.2) is 0 Å². The minimum absolute atomic E-state index is 0.0252. The topological polar surface area (TPSA) is 80.6 Å². The van der Waals surface area contributed by atoms with E-state index in [1.165, 1.54) is 6.07 Å². The van der Waals surface area contributed by atoms with E-state index in [0.29, 0.717) is 41.2 Å². The van der Waals surface area contributed by atoms with Gasteiger partial charge in [-0.05, 0) is 36.5 Å². The van der Waals surface area contributed by atoms with E-state index in [1.54, 1.807) is 16.8 Å². The minimum Gasteiger partial charge on any atom is -0.409 e. The van der Waals surface area contributed by atoms with E-state index in [0.717, 1.165) is 18.7 Å². The van der Waals surface area contributed by atoms with E-state index in [9.17, 15) is 10.1 Å². The molecule has 1 saturated heterocycles. The predicted molar refractivity (Wildman–Crippen MR) is 113 cm³/mol. The molecule has 150 valence electrons. The monoisotopic (exact) mass is 431 g/mol. The summed E-state index contributed by atoms with van der Waals surface area (Å²) in [7, 11) is 0. The van der Waals surface area contributed by atoms with Crippen LogP contribution < -0.4 is 4.90 Å². The molecule has 0 unspecified atom stereocenters. The molecule has 0 aliphatic carbocycles. The fourth-order valence-electron chi connectivity index (χ4n) is 3.32. The highest BCUT2D eigenvalue weighted by molar-refractivity contribution is 7.71. The summed E-state index contributed by atoms with van der Waals surface area (Å²) in [5, 5.41) is 16.2. The van der Waals surface area contributed by atoms with Crippen LogP contribution in [0.1, 0.15) is 0 Å². The van der Waals surface area contributed by atoms with Crippen molar-refractivity contribution in [3.05, 3.63) is 68.5 Å². The van der Waals surface area contributed by atoms with E-state index in [-0.39, 0.29) is 5.69 Å². The van der Waals surface area contributed by atoms with Gasteiger partial charge < -0.3 is 9.32 Å².